The van der Waals surface area contributed by atoms with Gasteiger partial charge in [0.05, 0.1) is 0 Å². The predicted molar refractivity (Wildman–Crippen MR) is 62.7 cm³/mol. The maximum absolute atomic E-state index is 11.7. The van der Waals surface area contributed by atoms with Gasteiger partial charge in [-0.05, 0) is 42.9 Å². The molecule has 84 valence electrons. The van der Waals surface area contributed by atoms with Crippen LogP contribution in [0.15, 0.2) is 18.2 Å². The summed E-state index contributed by atoms with van der Waals surface area (Å²) in [5.41, 5.74) is 3.48. The van der Waals surface area contributed by atoms with Crippen LogP contribution in [-0.4, -0.2) is 12.1 Å². The van der Waals surface area contributed by atoms with Crippen molar-refractivity contribution >= 4 is 12.1 Å². The number of carbonyl (C=O) groups excluding carboxylic acids is 2. The van der Waals surface area contributed by atoms with E-state index in [1.54, 1.807) is 0 Å². The molecular weight excluding hydrogens is 200 g/mol. The molecule has 0 heterocycles. The molecule has 1 aliphatic rings. The van der Waals surface area contributed by atoms with Crippen molar-refractivity contribution in [2.75, 3.05) is 0 Å². The monoisotopic (exact) mass is 216 g/mol. The van der Waals surface area contributed by atoms with Crippen LogP contribution in [0.2, 0.25) is 0 Å². The highest BCUT2D eigenvalue weighted by Gasteiger charge is 2.12. The predicted octanol–water partition coefficient (Wildman–Crippen LogP) is 2.73. The molecule has 0 saturated heterocycles. The van der Waals surface area contributed by atoms with Crippen molar-refractivity contribution in [3.8, 4) is 0 Å². The lowest BCUT2D eigenvalue weighted by Gasteiger charge is -2.16. The van der Waals surface area contributed by atoms with E-state index in [-0.39, 0.29) is 5.78 Å². The third-order valence-corrected chi connectivity index (χ3v) is 3.16. The van der Waals surface area contributed by atoms with Crippen molar-refractivity contribution in [1.82, 2.24) is 0 Å². The van der Waals surface area contributed by atoms with Crippen LogP contribution in [0, 0.1) is 0 Å². The van der Waals surface area contributed by atoms with E-state index in [0.717, 1.165) is 24.7 Å². The average Bonchev–Trinajstić information content (AvgIpc) is 2.35. The van der Waals surface area contributed by atoms with Gasteiger partial charge in [0, 0.05) is 18.4 Å². The van der Waals surface area contributed by atoms with Crippen molar-refractivity contribution in [2.45, 2.75) is 38.5 Å². The summed E-state index contributed by atoms with van der Waals surface area (Å²) in [5, 5.41) is 0. The second kappa shape index (κ2) is 5.06. The Morgan fingerprint density at radius 2 is 1.94 bits per heavy atom. The lowest BCUT2D eigenvalue weighted by atomic mass is 9.89. The Labute approximate surface area is 95.7 Å². The molecule has 0 amide bonds. The maximum Gasteiger partial charge on any atom is 0.163 e. The molecule has 2 rings (SSSR count). The fourth-order valence-corrected chi connectivity index (χ4v) is 2.24. The van der Waals surface area contributed by atoms with Gasteiger partial charge in [-0.15, -0.1) is 0 Å². The van der Waals surface area contributed by atoms with Gasteiger partial charge in [0.2, 0.25) is 0 Å². The molecule has 0 saturated carbocycles. The normalized spacial score (nSPS) is 14.2. The van der Waals surface area contributed by atoms with Gasteiger partial charge in [-0.25, -0.2) is 0 Å². The van der Waals surface area contributed by atoms with E-state index in [9.17, 15) is 9.59 Å². The van der Waals surface area contributed by atoms with E-state index >= 15 is 0 Å². The van der Waals surface area contributed by atoms with Crippen LogP contribution in [0.1, 0.15) is 47.2 Å². The summed E-state index contributed by atoms with van der Waals surface area (Å²) >= 11 is 0. The smallest absolute Gasteiger partial charge is 0.163 e. The largest absolute Gasteiger partial charge is 0.303 e. The van der Waals surface area contributed by atoms with Gasteiger partial charge in [0.15, 0.2) is 5.78 Å². The van der Waals surface area contributed by atoms with E-state index < -0.39 is 0 Å². The van der Waals surface area contributed by atoms with E-state index in [1.165, 1.54) is 24.0 Å². The minimum atomic E-state index is 0.0838. The van der Waals surface area contributed by atoms with Crippen LogP contribution < -0.4 is 0 Å². The highest BCUT2D eigenvalue weighted by atomic mass is 16.1. The van der Waals surface area contributed by atoms with Crippen LogP contribution >= 0.6 is 0 Å². The lowest BCUT2D eigenvalue weighted by molar-refractivity contribution is -0.107. The zero-order valence-corrected chi connectivity index (χ0v) is 9.37. The summed E-state index contributed by atoms with van der Waals surface area (Å²) in [6.45, 7) is 0. The van der Waals surface area contributed by atoms with Crippen LogP contribution in [-0.2, 0) is 17.6 Å². The third-order valence-electron chi connectivity index (χ3n) is 3.16. The zero-order chi connectivity index (χ0) is 11.4. The van der Waals surface area contributed by atoms with Crippen LogP contribution in [0.25, 0.3) is 0 Å². The first-order chi connectivity index (χ1) is 7.81. The van der Waals surface area contributed by atoms with Gasteiger partial charge < -0.3 is 4.79 Å². The zero-order valence-electron chi connectivity index (χ0n) is 9.37. The molecule has 1 aromatic rings. The standard InChI is InChI=1S/C14H16O2/c15-9-3-6-14(16)13-8-7-11-4-1-2-5-12(11)10-13/h7-10H,1-6H2. The maximum atomic E-state index is 11.7. The fourth-order valence-electron chi connectivity index (χ4n) is 2.24. The molecule has 2 nitrogen and oxygen atoms in total. The number of rotatable bonds is 4. The van der Waals surface area contributed by atoms with Gasteiger partial charge >= 0.3 is 0 Å². The Hall–Kier alpha value is -1.44. The number of benzene rings is 1. The van der Waals surface area contributed by atoms with E-state index in [4.69, 9.17) is 0 Å². The Morgan fingerprint density at radius 3 is 2.69 bits per heavy atom. The minimum Gasteiger partial charge on any atom is -0.303 e. The number of aldehydes is 1. The average molecular weight is 216 g/mol. The first-order valence-electron chi connectivity index (χ1n) is 5.90. The quantitative estimate of drug-likeness (QED) is 0.573. The topological polar surface area (TPSA) is 34.1 Å². The Balaban J connectivity index is 2.16. The number of Topliss-reactive ketones (excluding diaryl/α,β-unsaturated/α-hetero) is 1. The van der Waals surface area contributed by atoms with E-state index in [0.29, 0.717) is 12.8 Å². The van der Waals surface area contributed by atoms with Crippen molar-refractivity contribution in [3.05, 3.63) is 34.9 Å². The first-order valence-corrected chi connectivity index (χ1v) is 5.90. The summed E-state index contributed by atoms with van der Waals surface area (Å²) in [7, 11) is 0. The minimum absolute atomic E-state index is 0.0838. The number of fused-ring (bicyclic) bond motifs is 1. The molecule has 0 aromatic heterocycles. The summed E-state index contributed by atoms with van der Waals surface area (Å²) in [5.74, 6) is 0.0838. The highest BCUT2D eigenvalue weighted by molar-refractivity contribution is 5.97. The molecule has 0 N–H and O–H groups in total. The van der Waals surface area contributed by atoms with Crippen LogP contribution in [0.3, 0.4) is 0 Å². The Bertz CT molecular complexity index is 407. The molecule has 0 bridgehead atoms. The molecule has 16 heavy (non-hydrogen) atoms. The summed E-state index contributed by atoms with van der Waals surface area (Å²) in [6, 6.07) is 5.99. The molecule has 0 spiro atoms. The summed E-state index contributed by atoms with van der Waals surface area (Å²) in [6.07, 6.45) is 6.17. The number of hydrogen-bond donors (Lipinski definition) is 0. The summed E-state index contributed by atoms with van der Waals surface area (Å²) < 4.78 is 0. The molecule has 1 aromatic carbocycles. The first kappa shape index (κ1) is 11.1. The van der Waals surface area contributed by atoms with E-state index in [2.05, 4.69) is 6.07 Å². The second-order valence-electron chi connectivity index (χ2n) is 4.32. The lowest BCUT2D eigenvalue weighted by Crippen LogP contribution is -2.06. The van der Waals surface area contributed by atoms with Gasteiger partial charge in [-0.3, -0.25) is 4.79 Å². The van der Waals surface area contributed by atoms with Crippen molar-refractivity contribution in [1.29, 1.82) is 0 Å². The second-order valence-corrected chi connectivity index (χ2v) is 4.32. The Morgan fingerprint density at radius 1 is 1.19 bits per heavy atom. The third kappa shape index (κ3) is 2.38. The van der Waals surface area contributed by atoms with Crippen molar-refractivity contribution in [3.63, 3.8) is 0 Å². The van der Waals surface area contributed by atoms with Crippen LogP contribution in [0.4, 0.5) is 0 Å². The summed E-state index contributed by atoms with van der Waals surface area (Å²) in [4.78, 5) is 22.0. The van der Waals surface area contributed by atoms with Crippen molar-refractivity contribution in [2.24, 2.45) is 0 Å². The van der Waals surface area contributed by atoms with Gasteiger partial charge in [-0.1, -0.05) is 12.1 Å². The SMILES string of the molecule is O=CCCC(=O)c1ccc2c(c1)CCCC2. The number of hydrogen-bond acceptors (Lipinski definition) is 2. The highest BCUT2D eigenvalue weighted by Crippen LogP contribution is 2.22. The number of carbonyl (C=O) groups is 2. The number of aryl methyl sites for hydroxylation is 2. The molecule has 2 heteroatoms. The van der Waals surface area contributed by atoms with Gasteiger partial charge in [-0.2, -0.15) is 0 Å². The van der Waals surface area contributed by atoms with Crippen molar-refractivity contribution < 1.29 is 9.59 Å². The molecule has 0 fully saturated rings. The molecular formula is C14H16O2. The van der Waals surface area contributed by atoms with E-state index in [1.807, 2.05) is 12.1 Å². The van der Waals surface area contributed by atoms with Gasteiger partial charge in [0.25, 0.3) is 0 Å². The number of ketones is 1. The van der Waals surface area contributed by atoms with Crippen LogP contribution in [0.5, 0.6) is 0 Å². The fraction of sp³-hybridized carbons (Fsp3) is 0.429. The molecule has 0 radical (unpaired) electrons. The Kier molecular flexibility index (Phi) is 3.50. The molecule has 1 aliphatic carbocycles. The molecule has 0 unspecified atom stereocenters. The molecule has 0 atom stereocenters. The molecule has 0 aliphatic heterocycles. The van der Waals surface area contributed by atoms with Gasteiger partial charge in [0.1, 0.15) is 6.29 Å².